The summed E-state index contributed by atoms with van der Waals surface area (Å²) in [5, 5.41) is 3.52. The van der Waals surface area contributed by atoms with E-state index in [-0.39, 0.29) is 11.8 Å². The maximum absolute atomic E-state index is 5.04. The quantitative estimate of drug-likeness (QED) is 0.534. The molecule has 2 N–H and O–H groups in total. The summed E-state index contributed by atoms with van der Waals surface area (Å²) in [7, 11) is 0. The van der Waals surface area contributed by atoms with Gasteiger partial charge in [0.1, 0.15) is 18.0 Å². The molecule has 0 spiro atoms. The first-order valence-corrected chi connectivity index (χ1v) is 11.7. The minimum atomic E-state index is 0.0105. The molecule has 0 saturated heterocycles. The van der Waals surface area contributed by atoms with Gasteiger partial charge in [0, 0.05) is 35.4 Å². The van der Waals surface area contributed by atoms with E-state index in [2.05, 4.69) is 94.8 Å². The van der Waals surface area contributed by atoms with Gasteiger partial charge in [0.15, 0.2) is 0 Å². The lowest BCUT2D eigenvalue weighted by Gasteiger charge is -2.34. The first-order chi connectivity index (χ1) is 16.7. The summed E-state index contributed by atoms with van der Waals surface area (Å²) in [4.78, 5) is 21.9. The molecule has 2 aliphatic rings. The Morgan fingerprint density at radius 3 is 2.74 bits per heavy atom. The number of nitrogens with zero attached hydrogens (tertiary/aromatic N) is 4. The molecular weight excluding hydrogens is 420 g/mol. The highest BCUT2D eigenvalue weighted by atomic mass is 15.1. The Bertz CT molecular complexity index is 1300. The average molecular weight is 449 g/mol. The summed E-state index contributed by atoms with van der Waals surface area (Å²) in [6.45, 7) is 4.79. The predicted molar refractivity (Wildman–Crippen MR) is 138 cm³/mol. The first kappa shape index (κ1) is 21.8. The van der Waals surface area contributed by atoms with E-state index in [0.717, 1.165) is 40.7 Å². The molecular formula is C28H28N6. The van der Waals surface area contributed by atoms with E-state index in [1.165, 1.54) is 17.5 Å². The Kier molecular flexibility index (Phi) is 6.29. The van der Waals surface area contributed by atoms with E-state index < -0.39 is 0 Å². The fraction of sp³-hybridized carbons (Fsp3) is 0.214. The monoisotopic (exact) mass is 448 g/mol. The van der Waals surface area contributed by atoms with Gasteiger partial charge in [-0.1, -0.05) is 55.5 Å². The Balaban J connectivity index is 1.53. The molecule has 2 atom stereocenters. The van der Waals surface area contributed by atoms with Crippen LogP contribution in [0.4, 0.5) is 0 Å². The lowest BCUT2D eigenvalue weighted by Crippen LogP contribution is -2.40. The number of aromatic nitrogens is 3. The van der Waals surface area contributed by atoms with E-state index in [9.17, 15) is 0 Å². The SMILES string of the molecule is CC/C=C\c1[nH]c(CN=C2N=C(c3cncnc3)NC3=CC=CC(c4ccccc4)C32)cc1C. The molecule has 1 aliphatic carbocycles. The van der Waals surface area contributed by atoms with Gasteiger partial charge in [0.25, 0.3) is 0 Å². The highest BCUT2D eigenvalue weighted by molar-refractivity contribution is 6.10. The number of aryl methyl sites for hydroxylation is 1. The average Bonchev–Trinajstić information content (AvgIpc) is 3.25. The van der Waals surface area contributed by atoms with E-state index >= 15 is 0 Å². The summed E-state index contributed by atoms with van der Waals surface area (Å²) in [6.07, 6.45) is 16.8. The third-order valence-corrected chi connectivity index (χ3v) is 6.12. The van der Waals surface area contributed by atoms with Crippen molar-refractivity contribution in [3.05, 3.63) is 113 Å². The molecule has 1 aliphatic heterocycles. The van der Waals surface area contributed by atoms with Crippen LogP contribution in [-0.4, -0.2) is 26.6 Å². The number of allylic oxidation sites excluding steroid dienone is 4. The molecule has 2 unspecified atom stereocenters. The topological polar surface area (TPSA) is 78.3 Å². The molecule has 1 aromatic carbocycles. The van der Waals surface area contributed by atoms with Gasteiger partial charge in [-0.25, -0.2) is 15.0 Å². The Morgan fingerprint density at radius 2 is 1.94 bits per heavy atom. The molecule has 170 valence electrons. The molecule has 0 radical (unpaired) electrons. The third-order valence-electron chi connectivity index (χ3n) is 6.12. The number of fused-ring (bicyclic) bond motifs is 1. The number of hydrogen-bond donors (Lipinski definition) is 2. The van der Waals surface area contributed by atoms with Crippen LogP contribution < -0.4 is 5.32 Å². The number of hydrogen-bond acceptors (Lipinski definition) is 4. The van der Waals surface area contributed by atoms with Crippen LogP contribution in [0.2, 0.25) is 0 Å². The van der Waals surface area contributed by atoms with Crippen LogP contribution in [0.15, 0.2) is 95.1 Å². The zero-order valence-corrected chi connectivity index (χ0v) is 19.4. The number of amidine groups is 2. The van der Waals surface area contributed by atoms with Gasteiger partial charge < -0.3 is 10.3 Å². The normalized spacial score (nSPS) is 20.7. The molecule has 6 heteroatoms. The van der Waals surface area contributed by atoms with Crippen LogP contribution in [0, 0.1) is 12.8 Å². The molecule has 0 amide bonds. The molecule has 6 nitrogen and oxygen atoms in total. The molecule has 2 aromatic heterocycles. The maximum atomic E-state index is 5.04. The van der Waals surface area contributed by atoms with E-state index in [4.69, 9.17) is 9.98 Å². The molecule has 3 heterocycles. The number of aromatic amines is 1. The summed E-state index contributed by atoms with van der Waals surface area (Å²) in [6, 6.07) is 12.7. The zero-order chi connectivity index (χ0) is 23.3. The summed E-state index contributed by atoms with van der Waals surface area (Å²) in [5.41, 5.74) is 6.59. The second-order valence-electron chi connectivity index (χ2n) is 8.51. The number of aliphatic imine (C=N–C) groups is 2. The van der Waals surface area contributed by atoms with Gasteiger partial charge >= 0.3 is 0 Å². The molecule has 34 heavy (non-hydrogen) atoms. The number of benzene rings is 1. The van der Waals surface area contributed by atoms with Crippen molar-refractivity contribution < 1.29 is 0 Å². The number of rotatable bonds is 6. The van der Waals surface area contributed by atoms with Crippen molar-refractivity contribution in [1.29, 1.82) is 0 Å². The summed E-state index contributed by atoms with van der Waals surface area (Å²) < 4.78 is 0. The van der Waals surface area contributed by atoms with Gasteiger partial charge in [-0.3, -0.25) is 4.99 Å². The second-order valence-corrected chi connectivity index (χ2v) is 8.51. The first-order valence-electron chi connectivity index (χ1n) is 11.7. The molecule has 0 saturated carbocycles. The Morgan fingerprint density at radius 1 is 1.12 bits per heavy atom. The summed E-state index contributed by atoms with van der Waals surface area (Å²) >= 11 is 0. The van der Waals surface area contributed by atoms with Crippen molar-refractivity contribution >= 4 is 17.7 Å². The van der Waals surface area contributed by atoms with Gasteiger partial charge in [0.2, 0.25) is 0 Å². The lowest BCUT2D eigenvalue weighted by atomic mass is 9.79. The fourth-order valence-electron chi connectivity index (χ4n) is 4.43. The van der Waals surface area contributed by atoms with Crippen LogP contribution in [0.5, 0.6) is 0 Å². The minimum absolute atomic E-state index is 0.0105. The van der Waals surface area contributed by atoms with Gasteiger partial charge in [-0.2, -0.15) is 0 Å². The molecule has 3 aromatic rings. The molecule has 5 rings (SSSR count). The van der Waals surface area contributed by atoms with Crippen LogP contribution in [0.3, 0.4) is 0 Å². The van der Waals surface area contributed by atoms with Crippen molar-refractivity contribution in [3.8, 4) is 0 Å². The van der Waals surface area contributed by atoms with Crippen LogP contribution in [-0.2, 0) is 6.54 Å². The smallest absolute Gasteiger partial charge is 0.142 e. The predicted octanol–water partition coefficient (Wildman–Crippen LogP) is 5.34. The largest absolute Gasteiger partial charge is 0.357 e. The van der Waals surface area contributed by atoms with Crippen LogP contribution in [0.25, 0.3) is 6.08 Å². The molecule has 0 bridgehead atoms. The lowest BCUT2D eigenvalue weighted by molar-refractivity contribution is 0.649. The highest BCUT2D eigenvalue weighted by Crippen LogP contribution is 2.37. The van der Waals surface area contributed by atoms with Crippen LogP contribution in [0.1, 0.15) is 47.3 Å². The van der Waals surface area contributed by atoms with Crippen LogP contribution >= 0.6 is 0 Å². The standard InChI is InChI=1S/C28H28N6/c1-3-4-12-24-19(2)14-22(32-24)17-31-28-26-23(20-9-6-5-7-10-20)11-8-13-25(26)33-27(34-28)21-15-29-18-30-16-21/h4-16,18,23,26,32H,3,17H2,1-2H3,(H,31,33,34)/b12-4-. The summed E-state index contributed by atoms with van der Waals surface area (Å²) in [5.74, 6) is 1.69. The van der Waals surface area contributed by atoms with Crippen molar-refractivity contribution in [2.24, 2.45) is 15.9 Å². The van der Waals surface area contributed by atoms with Gasteiger partial charge in [0.05, 0.1) is 18.0 Å². The third kappa shape index (κ3) is 4.53. The van der Waals surface area contributed by atoms with Crippen molar-refractivity contribution in [3.63, 3.8) is 0 Å². The Labute approximate surface area is 200 Å². The number of nitrogens with one attached hydrogen (secondary N) is 2. The van der Waals surface area contributed by atoms with Crippen molar-refractivity contribution in [2.75, 3.05) is 0 Å². The van der Waals surface area contributed by atoms with Gasteiger partial charge in [-0.05, 0) is 42.7 Å². The second kappa shape index (κ2) is 9.83. The minimum Gasteiger partial charge on any atom is -0.357 e. The number of H-pyrrole nitrogens is 1. The van der Waals surface area contributed by atoms with Crippen molar-refractivity contribution in [2.45, 2.75) is 32.7 Å². The maximum Gasteiger partial charge on any atom is 0.142 e. The van der Waals surface area contributed by atoms with E-state index in [1.807, 2.05) is 6.07 Å². The fourth-order valence-corrected chi connectivity index (χ4v) is 4.43. The van der Waals surface area contributed by atoms with Gasteiger partial charge in [-0.15, -0.1) is 0 Å². The zero-order valence-electron chi connectivity index (χ0n) is 19.4. The Hall–Kier alpha value is -4.06. The van der Waals surface area contributed by atoms with E-state index in [0.29, 0.717) is 6.54 Å². The highest BCUT2D eigenvalue weighted by Gasteiger charge is 2.35. The van der Waals surface area contributed by atoms with Crippen molar-refractivity contribution in [1.82, 2.24) is 20.3 Å². The van der Waals surface area contributed by atoms with E-state index in [1.54, 1.807) is 12.4 Å². The molecule has 0 fully saturated rings.